The number of hydrogen-bond acceptors (Lipinski definition) is 3. The predicted octanol–water partition coefficient (Wildman–Crippen LogP) is 6.68. The maximum atomic E-state index is 5.65. The summed E-state index contributed by atoms with van der Waals surface area (Å²) >= 11 is 0. The molecule has 4 heteroatoms. The second kappa shape index (κ2) is 9.82. The van der Waals surface area contributed by atoms with E-state index in [1.807, 2.05) is 0 Å². The molecule has 0 saturated carbocycles. The minimum absolute atomic E-state index is 0.284. The van der Waals surface area contributed by atoms with Gasteiger partial charge in [0.15, 0.2) is 0 Å². The Balaban J connectivity index is 1.56. The van der Waals surface area contributed by atoms with Crippen LogP contribution >= 0.6 is 0 Å². The van der Waals surface area contributed by atoms with E-state index in [4.69, 9.17) is 9.47 Å². The molecule has 0 aliphatic heterocycles. The van der Waals surface area contributed by atoms with E-state index in [9.17, 15) is 0 Å². The van der Waals surface area contributed by atoms with Crippen molar-refractivity contribution in [1.82, 2.24) is 4.57 Å². The topological polar surface area (TPSA) is 35.4 Å². The third kappa shape index (κ3) is 5.16. The first kappa shape index (κ1) is 21.2. The van der Waals surface area contributed by atoms with Gasteiger partial charge in [-0.2, -0.15) is 0 Å². The molecule has 4 aromatic rings. The van der Waals surface area contributed by atoms with Crippen molar-refractivity contribution < 1.29 is 9.47 Å². The molecule has 0 unspecified atom stereocenters. The molecule has 0 saturated heterocycles. The Morgan fingerprint density at radius 2 is 1.77 bits per heavy atom. The number of ether oxygens (including phenoxy) is 2. The molecule has 1 aromatic heterocycles. The molecule has 0 atom stereocenters. The van der Waals surface area contributed by atoms with Crippen LogP contribution in [-0.4, -0.2) is 18.5 Å². The molecule has 0 aliphatic rings. The lowest BCUT2D eigenvalue weighted by Gasteiger charge is -2.16. The molecule has 4 rings (SSSR count). The Morgan fingerprint density at radius 1 is 0.935 bits per heavy atom. The zero-order valence-corrected chi connectivity index (χ0v) is 18.5. The van der Waals surface area contributed by atoms with Gasteiger partial charge in [-0.15, -0.1) is 0 Å². The monoisotopic (exact) mass is 414 g/mol. The van der Waals surface area contributed by atoms with Crippen LogP contribution < -0.4 is 5.32 Å². The highest BCUT2D eigenvalue weighted by Crippen LogP contribution is 2.28. The molecular weight excluding hydrogens is 384 g/mol. The summed E-state index contributed by atoms with van der Waals surface area (Å²) in [4.78, 5) is 0. The molecule has 0 radical (unpaired) electrons. The molecule has 160 valence electrons. The van der Waals surface area contributed by atoms with Crippen molar-refractivity contribution in [3.05, 3.63) is 95.7 Å². The van der Waals surface area contributed by atoms with Gasteiger partial charge in [0, 0.05) is 47.7 Å². The summed E-state index contributed by atoms with van der Waals surface area (Å²) in [5, 5.41) is 4.81. The van der Waals surface area contributed by atoms with E-state index in [2.05, 4.69) is 103 Å². The Bertz CT molecular complexity index is 1130. The Labute approximate surface area is 184 Å². The van der Waals surface area contributed by atoms with E-state index in [0.717, 1.165) is 23.5 Å². The van der Waals surface area contributed by atoms with Crippen molar-refractivity contribution in [1.29, 1.82) is 0 Å². The van der Waals surface area contributed by atoms with Gasteiger partial charge < -0.3 is 19.4 Å². The summed E-state index contributed by atoms with van der Waals surface area (Å²) in [6.07, 6.45) is 2.16. The van der Waals surface area contributed by atoms with Gasteiger partial charge in [-0.1, -0.05) is 56.3 Å². The van der Waals surface area contributed by atoms with E-state index in [-0.39, 0.29) is 6.79 Å². The lowest BCUT2D eigenvalue weighted by molar-refractivity contribution is -0.0389. The van der Waals surface area contributed by atoms with Gasteiger partial charge in [0.25, 0.3) is 0 Å². The molecule has 0 fully saturated rings. The number of benzene rings is 3. The highest BCUT2D eigenvalue weighted by molar-refractivity contribution is 5.85. The van der Waals surface area contributed by atoms with E-state index >= 15 is 0 Å². The normalized spacial score (nSPS) is 11.4. The van der Waals surface area contributed by atoms with Crippen molar-refractivity contribution in [2.24, 2.45) is 0 Å². The van der Waals surface area contributed by atoms with Gasteiger partial charge in [0.2, 0.25) is 0 Å². The van der Waals surface area contributed by atoms with Crippen LogP contribution in [0.25, 0.3) is 10.9 Å². The Hall–Kier alpha value is -3.08. The highest BCUT2D eigenvalue weighted by Gasteiger charge is 2.09. The molecule has 1 heterocycles. The van der Waals surface area contributed by atoms with Crippen LogP contribution in [-0.2, 0) is 22.6 Å². The second-order valence-electron chi connectivity index (χ2n) is 8.15. The zero-order valence-electron chi connectivity index (χ0n) is 18.5. The fraction of sp³-hybridized carbons (Fsp3) is 0.259. The quantitative estimate of drug-likeness (QED) is 0.245. The third-order valence-electron chi connectivity index (χ3n) is 5.50. The van der Waals surface area contributed by atoms with Crippen molar-refractivity contribution in [3.8, 4) is 0 Å². The van der Waals surface area contributed by atoms with Crippen molar-refractivity contribution in [3.63, 3.8) is 0 Å². The number of hydrogen-bond donors (Lipinski definition) is 1. The number of nitrogens with zero attached hydrogens (tertiary/aromatic N) is 1. The van der Waals surface area contributed by atoms with E-state index in [1.54, 1.807) is 7.11 Å². The number of fused-ring (bicyclic) bond motifs is 1. The molecule has 31 heavy (non-hydrogen) atoms. The molecule has 0 aliphatic carbocycles. The van der Waals surface area contributed by atoms with E-state index in [1.165, 1.54) is 22.0 Å². The van der Waals surface area contributed by atoms with Crippen LogP contribution in [0, 0.1) is 0 Å². The van der Waals surface area contributed by atoms with Crippen LogP contribution in [0.3, 0.4) is 0 Å². The van der Waals surface area contributed by atoms with Gasteiger partial charge in [-0.25, -0.2) is 0 Å². The largest absolute Gasteiger partial charge is 0.359 e. The molecule has 0 amide bonds. The SMILES string of the molecule is COCOCc1cc(C(C)C)ccc1Nc1ccc2c(ccn2Cc2ccccc2)c1. The second-order valence-corrected chi connectivity index (χ2v) is 8.15. The smallest absolute Gasteiger partial charge is 0.146 e. The predicted molar refractivity (Wildman–Crippen MR) is 128 cm³/mol. The summed E-state index contributed by atoms with van der Waals surface area (Å²) in [5.41, 5.74) is 7.08. The van der Waals surface area contributed by atoms with Crippen molar-refractivity contribution in [2.75, 3.05) is 19.2 Å². The first-order chi connectivity index (χ1) is 15.1. The van der Waals surface area contributed by atoms with E-state index < -0.39 is 0 Å². The molecule has 0 spiro atoms. The average molecular weight is 415 g/mol. The first-order valence-electron chi connectivity index (χ1n) is 10.7. The Morgan fingerprint density at radius 3 is 2.55 bits per heavy atom. The van der Waals surface area contributed by atoms with Crippen LogP contribution in [0.2, 0.25) is 0 Å². The third-order valence-corrected chi connectivity index (χ3v) is 5.50. The number of aromatic nitrogens is 1. The maximum Gasteiger partial charge on any atom is 0.146 e. The fourth-order valence-electron chi connectivity index (χ4n) is 3.80. The lowest BCUT2D eigenvalue weighted by Crippen LogP contribution is -2.03. The summed E-state index contributed by atoms with van der Waals surface area (Å²) < 4.78 is 13.0. The Kier molecular flexibility index (Phi) is 6.70. The van der Waals surface area contributed by atoms with Crippen LogP contribution in [0.4, 0.5) is 11.4 Å². The summed E-state index contributed by atoms with van der Waals surface area (Å²) in [6.45, 7) is 6.07. The lowest BCUT2D eigenvalue weighted by atomic mass is 10.00. The highest BCUT2D eigenvalue weighted by atomic mass is 16.7. The average Bonchev–Trinajstić information content (AvgIpc) is 3.17. The number of methoxy groups -OCH3 is 1. The molecule has 4 nitrogen and oxygen atoms in total. The van der Waals surface area contributed by atoms with Gasteiger partial charge >= 0.3 is 0 Å². The van der Waals surface area contributed by atoms with E-state index in [0.29, 0.717) is 12.5 Å². The number of anilines is 2. The summed E-state index contributed by atoms with van der Waals surface area (Å²) in [7, 11) is 1.64. The van der Waals surface area contributed by atoms with Crippen LogP contribution in [0.1, 0.15) is 36.5 Å². The zero-order chi connectivity index (χ0) is 21.6. The first-order valence-corrected chi connectivity index (χ1v) is 10.7. The minimum Gasteiger partial charge on any atom is -0.359 e. The van der Waals surface area contributed by atoms with Crippen LogP contribution in [0.15, 0.2) is 79.0 Å². The molecule has 1 N–H and O–H groups in total. The van der Waals surface area contributed by atoms with Crippen molar-refractivity contribution in [2.45, 2.75) is 32.9 Å². The summed E-state index contributed by atoms with van der Waals surface area (Å²) in [6, 6.07) is 25.8. The minimum atomic E-state index is 0.284. The number of nitrogens with one attached hydrogen (secondary N) is 1. The van der Waals surface area contributed by atoms with Gasteiger partial charge in [0.1, 0.15) is 6.79 Å². The van der Waals surface area contributed by atoms with Gasteiger partial charge in [-0.05, 0) is 47.4 Å². The molecule has 0 bridgehead atoms. The fourth-order valence-corrected chi connectivity index (χ4v) is 3.80. The maximum absolute atomic E-state index is 5.65. The van der Waals surface area contributed by atoms with Gasteiger partial charge in [0.05, 0.1) is 6.61 Å². The van der Waals surface area contributed by atoms with Crippen LogP contribution in [0.5, 0.6) is 0 Å². The van der Waals surface area contributed by atoms with Crippen molar-refractivity contribution >= 4 is 22.3 Å². The molecule has 3 aromatic carbocycles. The standard InChI is InChI=1S/C27H30N2O2/c1-20(2)22-9-11-26(24(15-22)18-31-19-30-3)28-25-10-12-27-23(16-25)13-14-29(27)17-21-7-5-4-6-8-21/h4-16,20,28H,17-19H2,1-3H3. The summed E-state index contributed by atoms with van der Waals surface area (Å²) in [5.74, 6) is 0.468. The van der Waals surface area contributed by atoms with Gasteiger partial charge in [-0.3, -0.25) is 0 Å². The molecular formula is C27H30N2O2. The number of rotatable bonds is 9.